The van der Waals surface area contributed by atoms with Crippen LogP contribution >= 0.6 is 11.8 Å². The van der Waals surface area contributed by atoms with Crippen molar-refractivity contribution < 1.29 is 9.59 Å². The molecule has 4 N–H and O–H groups in total. The Morgan fingerprint density at radius 3 is 2.83 bits per heavy atom. The molecule has 0 amide bonds. The number of anilines is 1. The SMILES string of the molecule is C#Cc1cn([C@@H](C=O)S[C@@H](C=O)CN=NN)c2ncnc(N)c12. The number of terminal acetylenes is 1. The molecule has 0 aliphatic heterocycles. The number of thioether (sulfide) groups is 1. The summed E-state index contributed by atoms with van der Waals surface area (Å²) in [5.41, 5.74) is 6.71. The Hall–Kier alpha value is -2.93. The van der Waals surface area contributed by atoms with Gasteiger partial charge < -0.3 is 25.7 Å². The van der Waals surface area contributed by atoms with E-state index in [1.165, 1.54) is 6.33 Å². The van der Waals surface area contributed by atoms with Crippen molar-refractivity contribution in [2.24, 2.45) is 16.2 Å². The van der Waals surface area contributed by atoms with Gasteiger partial charge in [0.15, 0.2) is 6.29 Å². The Morgan fingerprint density at radius 2 is 2.22 bits per heavy atom. The number of hydrogen-bond donors (Lipinski definition) is 2. The molecule has 9 nitrogen and oxygen atoms in total. The van der Waals surface area contributed by atoms with Crippen molar-refractivity contribution in [3.63, 3.8) is 0 Å². The van der Waals surface area contributed by atoms with Crippen LogP contribution in [0.25, 0.3) is 11.0 Å². The van der Waals surface area contributed by atoms with Gasteiger partial charge >= 0.3 is 0 Å². The van der Waals surface area contributed by atoms with E-state index in [1.54, 1.807) is 10.8 Å². The third kappa shape index (κ3) is 3.29. The number of hydrogen-bond acceptors (Lipinski definition) is 8. The first-order valence-electron chi connectivity index (χ1n) is 6.36. The van der Waals surface area contributed by atoms with Crippen LogP contribution in [-0.4, -0.2) is 38.9 Å². The molecule has 2 rings (SSSR count). The number of aromatic nitrogens is 3. The number of fused-ring (bicyclic) bond motifs is 1. The van der Waals surface area contributed by atoms with E-state index in [4.69, 9.17) is 18.0 Å². The molecule has 0 saturated carbocycles. The minimum absolute atomic E-state index is 0.0628. The maximum atomic E-state index is 11.5. The summed E-state index contributed by atoms with van der Waals surface area (Å²) in [7, 11) is 0. The van der Waals surface area contributed by atoms with E-state index >= 15 is 0 Å². The molecule has 2 aromatic heterocycles. The topological polar surface area (TPSA) is 142 Å². The molecule has 118 valence electrons. The second-order valence-electron chi connectivity index (χ2n) is 4.33. The number of nitrogen functional groups attached to an aromatic ring is 1. The van der Waals surface area contributed by atoms with Crippen LogP contribution in [0.1, 0.15) is 10.9 Å². The van der Waals surface area contributed by atoms with E-state index in [9.17, 15) is 9.59 Å². The van der Waals surface area contributed by atoms with Gasteiger partial charge in [-0.1, -0.05) is 11.1 Å². The minimum atomic E-state index is -0.739. The average Bonchev–Trinajstić information content (AvgIpc) is 2.95. The quantitative estimate of drug-likeness (QED) is 0.244. The molecule has 23 heavy (non-hydrogen) atoms. The highest BCUT2D eigenvalue weighted by Gasteiger charge is 2.22. The standard InChI is InChI=1S/C13H13N7O2S/c1-2-8-4-20(13-11(8)12(14)16-7-17-13)10(6-22)23-9(5-21)3-18-19-15/h1,4-7,9-10H,3H2,(H2,15,18)(H2,14,16,17)/t9-,10-/m1/s1. The van der Waals surface area contributed by atoms with Gasteiger partial charge in [-0.25, -0.2) is 9.97 Å². The van der Waals surface area contributed by atoms with E-state index in [-0.39, 0.29) is 12.4 Å². The summed E-state index contributed by atoms with van der Waals surface area (Å²) in [6.07, 6.45) is 9.67. The molecular formula is C13H13N7O2S. The molecule has 0 aromatic carbocycles. The third-order valence-electron chi connectivity index (χ3n) is 2.99. The van der Waals surface area contributed by atoms with Gasteiger partial charge in [0.2, 0.25) is 0 Å². The number of rotatable bonds is 7. The maximum Gasteiger partial charge on any atom is 0.153 e. The Labute approximate surface area is 135 Å². The average molecular weight is 331 g/mol. The summed E-state index contributed by atoms with van der Waals surface area (Å²) in [4.78, 5) is 30.6. The van der Waals surface area contributed by atoms with Crippen LogP contribution in [0.15, 0.2) is 22.9 Å². The molecule has 0 bridgehead atoms. The number of nitrogens with two attached hydrogens (primary N) is 2. The predicted molar refractivity (Wildman–Crippen MR) is 86.3 cm³/mol. The van der Waals surface area contributed by atoms with E-state index in [1.807, 2.05) is 0 Å². The van der Waals surface area contributed by atoms with E-state index < -0.39 is 10.6 Å². The van der Waals surface area contributed by atoms with Crippen LogP contribution < -0.4 is 11.6 Å². The van der Waals surface area contributed by atoms with Gasteiger partial charge in [0, 0.05) is 6.20 Å². The van der Waals surface area contributed by atoms with Gasteiger partial charge in [0.1, 0.15) is 29.5 Å². The summed E-state index contributed by atoms with van der Waals surface area (Å²) in [5.74, 6) is 7.63. The van der Waals surface area contributed by atoms with Crippen molar-refractivity contribution in [3.8, 4) is 12.3 Å². The first-order chi connectivity index (χ1) is 11.2. The first kappa shape index (κ1) is 16.4. The summed E-state index contributed by atoms with van der Waals surface area (Å²) < 4.78 is 1.55. The van der Waals surface area contributed by atoms with Crippen LogP contribution in [0.5, 0.6) is 0 Å². The van der Waals surface area contributed by atoms with Gasteiger partial charge in [0.05, 0.1) is 22.7 Å². The predicted octanol–water partition coefficient (Wildman–Crippen LogP) is 0.319. The van der Waals surface area contributed by atoms with Crippen molar-refractivity contribution in [2.75, 3.05) is 12.3 Å². The van der Waals surface area contributed by atoms with Crippen LogP contribution in [-0.2, 0) is 9.59 Å². The Morgan fingerprint density at radius 1 is 1.43 bits per heavy atom. The number of aldehydes is 2. The fourth-order valence-electron chi connectivity index (χ4n) is 2.00. The molecular weight excluding hydrogens is 318 g/mol. The van der Waals surface area contributed by atoms with Crippen LogP contribution in [0.3, 0.4) is 0 Å². The lowest BCUT2D eigenvalue weighted by atomic mass is 10.2. The van der Waals surface area contributed by atoms with Gasteiger partial charge in [-0.05, 0) is 0 Å². The first-order valence-corrected chi connectivity index (χ1v) is 7.30. The number of nitrogens with zero attached hydrogens (tertiary/aromatic N) is 5. The van der Waals surface area contributed by atoms with Gasteiger partial charge in [-0.15, -0.1) is 18.2 Å². The Balaban J connectivity index is 2.44. The second-order valence-corrected chi connectivity index (χ2v) is 5.69. The van der Waals surface area contributed by atoms with Crippen molar-refractivity contribution in [2.45, 2.75) is 10.6 Å². The van der Waals surface area contributed by atoms with Gasteiger partial charge in [0.25, 0.3) is 0 Å². The molecule has 0 aliphatic rings. The third-order valence-corrected chi connectivity index (χ3v) is 4.22. The highest BCUT2D eigenvalue weighted by atomic mass is 32.2. The zero-order chi connectivity index (χ0) is 16.8. The van der Waals surface area contributed by atoms with Crippen LogP contribution in [0.4, 0.5) is 5.82 Å². The zero-order valence-electron chi connectivity index (χ0n) is 11.9. The van der Waals surface area contributed by atoms with Crippen molar-refractivity contribution in [1.29, 1.82) is 0 Å². The molecule has 10 heteroatoms. The van der Waals surface area contributed by atoms with Gasteiger partial charge in [-0.2, -0.15) is 5.11 Å². The van der Waals surface area contributed by atoms with E-state index in [2.05, 4.69) is 26.2 Å². The lowest BCUT2D eigenvalue weighted by Crippen LogP contribution is -2.16. The molecule has 2 heterocycles. The molecule has 0 aliphatic carbocycles. The summed E-state index contributed by atoms with van der Waals surface area (Å²) in [5, 5.41) is 5.83. The smallest absolute Gasteiger partial charge is 0.153 e. The zero-order valence-corrected chi connectivity index (χ0v) is 12.7. The van der Waals surface area contributed by atoms with Crippen molar-refractivity contribution >= 4 is 41.2 Å². The van der Waals surface area contributed by atoms with E-state index in [0.29, 0.717) is 29.2 Å². The monoisotopic (exact) mass is 331 g/mol. The van der Waals surface area contributed by atoms with E-state index in [0.717, 1.165) is 11.8 Å². The van der Waals surface area contributed by atoms with Gasteiger partial charge in [-0.3, -0.25) is 0 Å². The lowest BCUT2D eigenvalue weighted by molar-refractivity contribution is -0.108. The van der Waals surface area contributed by atoms with Crippen molar-refractivity contribution in [3.05, 3.63) is 18.1 Å². The largest absolute Gasteiger partial charge is 0.383 e. The Bertz CT molecular complexity index is 795. The van der Waals surface area contributed by atoms with Crippen molar-refractivity contribution in [1.82, 2.24) is 14.5 Å². The fourth-order valence-corrected chi connectivity index (χ4v) is 2.93. The molecule has 0 fully saturated rings. The second kappa shape index (κ2) is 7.37. The molecule has 2 aromatic rings. The molecule has 0 unspecified atom stereocenters. The normalized spacial score (nSPS) is 13.7. The van der Waals surface area contributed by atoms with Crippen LogP contribution in [0.2, 0.25) is 0 Å². The molecule has 0 radical (unpaired) electrons. The Kier molecular flexibility index (Phi) is 5.27. The number of carbonyl (C=O) groups excluding carboxylic acids is 2. The van der Waals surface area contributed by atoms with Crippen LogP contribution in [0, 0.1) is 12.3 Å². The molecule has 0 spiro atoms. The highest BCUT2D eigenvalue weighted by Crippen LogP contribution is 2.32. The number of carbonyl (C=O) groups is 2. The minimum Gasteiger partial charge on any atom is -0.383 e. The maximum absolute atomic E-state index is 11.5. The summed E-state index contributed by atoms with van der Waals surface area (Å²) in [6, 6.07) is 0. The lowest BCUT2D eigenvalue weighted by Gasteiger charge is -2.15. The summed E-state index contributed by atoms with van der Waals surface area (Å²) in [6.45, 7) is 0.0628. The molecule has 2 atom stereocenters. The summed E-state index contributed by atoms with van der Waals surface area (Å²) >= 11 is 1.08. The fraction of sp³-hybridized carbons (Fsp3) is 0.231. The highest BCUT2D eigenvalue weighted by molar-refractivity contribution is 8.01. The molecule has 0 saturated heterocycles.